The Morgan fingerprint density at radius 3 is 2.10 bits per heavy atom. The van der Waals surface area contributed by atoms with Crippen LogP contribution < -0.4 is 5.32 Å². The Hall–Kier alpha value is -2.54. The number of nitrogens with one attached hydrogen (secondary N) is 1. The monoisotopic (exact) mass is 257 g/mol. The topological polar surface area (TPSA) is 12.0 Å². The van der Waals surface area contributed by atoms with Crippen molar-refractivity contribution >= 4 is 5.69 Å². The normalized spacial score (nSPS) is 15.9. The summed E-state index contributed by atoms with van der Waals surface area (Å²) in [4.78, 5) is 0. The van der Waals surface area contributed by atoms with Gasteiger partial charge in [-0.3, -0.25) is 0 Å². The maximum atomic E-state index is 3.67. The fourth-order valence-corrected chi connectivity index (χ4v) is 2.98. The van der Waals surface area contributed by atoms with Crippen molar-refractivity contribution in [3.8, 4) is 11.1 Å². The van der Waals surface area contributed by atoms with Gasteiger partial charge in [-0.1, -0.05) is 72.8 Å². The number of rotatable bonds is 1. The molecule has 1 unspecified atom stereocenters. The molecule has 20 heavy (non-hydrogen) atoms. The van der Waals surface area contributed by atoms with Crippen LogP contribution in [-0.4, -0.2) is 0 Å². The van der Waals surface area contributed by atoms with E-state index in [-0.39, 0.29) is 6.04 Å². The van der Waals surface area contributed by atoms with Gasteiger partial charge in [-0.2, -0.15) is 0 Å². The number of hydrogen-bond acceptors (Lipinski definition) is 1. The summed E-state index contributed by atoms with van der Waals surface area (Å²) >= 11 is 0. The Morgan fingerprint density at radius 2 is 1.25 bits per heavy atom. The van der Waals surface area contributed by atoms with E-state index in [0.29, 0.717) is 0 Å². The van der Waals surface area contributed by atoms with Gasteiger partial charge in [0, 0.05) is 11.3 Å². The number of hydrogen-bond donors (Lipinski definition) is 1. The van der Waals surface area contributed by atoms with Crippen molar-refractivity contribution in [1.82, 2.24) is 0 Å². The van der Waals surface area contributed by atoms with Crippen molar-refractivity contribution in [3.05, 3.63) is 90.0 Å². The molecule has 0 fully saturated rings. The van der Waals surface area contributed by atoms with Crippen molar-refractivity contribution < 1.29 is 0 Å². The van der Waals surface area contributed by atoms with Gasteiger partial charge in [-0.25, -0.2) is 0 Å². The highest BCUT2D eigenvalue weighted by Crippen LogP contribution is 2.42. The minimum atomic E-state index is 0.224. The lowest BCUT2D eigenvalue weighted by atomic mass is 9.87. The summed E-state index contributed by atoms with van der Waals surface area (Å²) in [6.45, 7) is 0. The van der Waals surface area contributed by atoms with Gasteiger partial charge in [-0.05, 0) is 22.8 Å². The summed E-state index contributed by atoms with van der Waals surface area (Å²) in [5.74, 6) is 0. The lowest BCUT2D eigenvalue weighted by Crippen LogP contribution is -2.17. The Morgan fingerprint density at radius 1 is 0.600 bits per heavy atom. The first-order chi connectivity index (χ1) is 9.93. The minimum Gasteiger partial charge on any atom is -0.374 e. The third-order valence-corrected chi connectivity index (χ3v) is 3.92. The fraction of sp³-hybridized carbons (Fsp3) is 0.0526. The highest BCUT2D eigenvalue weighted by Gasteiger charge is 2.24. The van der Waals surface area contributed by atoms with Gasteiger partial charge in [0.25, 0.3) is 0 Å². The molecule has 4 rings (SSSR count). The highest BCUT2D eigenvalue weighted by molar-refractivity contribution is 5.84. The van der Waals surface area contributed by atoms with E-state index in [1.165, 1.54) is 27.9 Å². The van der Waals surface area contributed by atoms with Crippen molar-refractivity contribution in [2.75, 3.05) is 5.32 Å². The summed E-state index contributed by atoms with van der Waals surface area (Å²) in [7, 11) is 0. The zero-order chi connectivity index (χ0) is 13.4. The van der Waals surface area contributed by atoms with Crippen LogP contribution in [0.5, 0.6) is 0 Å². The third kappa shape index (κ3) is 1.71. The third-order valence-electron chi connectivity index (χ3n) is 3.92. The van der Waals surface area contributed by atoms with E-state index in [1.54, 1.807) is 0 Å². The summed E-state index contributed by atoms with van der Waals surface area (Å²) in [5, 5.41) is 3.67. The van der Waals surface area contributed by atoms with Gasteiger partial charge in [0.1, 0.15) is 0 Å². The number of para-hydroxylation sites is 1. The Balaban J connectivity index is 1.93. The van der Waals surface area contributed by atoms with Gasteiger partial charge >= 0.3 is 0 Å². The smallest absolute Gasteiger partial charge is 0.0773 e. The van der Waals surface area contributed by atoms with E-state index in [1.807, 2.05) is 0 Å². The van der Waals surface area contributed by atoms with Crippen LogP contribution in [0.25, 0.3) is 11.1 Å². The van der Waals surface area contributed by atoms with Crippen molar-refractivity contribution in [3.63, 3.8) is 0 Å². The van der Waals surface area contributed by atoms with Crippen LogP contribution >= 0.6 is 0 Å². The quantitative estimate of drug-likeness (QED) is 0.656. The van der Waals surface area contributed by atoms with Gasteiger partial charge in [0.2, 0.25) is 0 Å². The summed E-state index contributed by atoms with van der Waals surface area (Å²) in [6, 6.07) is 28.0. The number of benzene rings is 3. The summed E-state index contributed by atoms with van der Waals surface area (Å²) in [5.41, 5.74) is 6.47. The lowest BCUT2D eigenvalue weighted by Gasteiger charge is -2.30. The van der Waals surface area contributed by atoms with E-state index < -0.39 is 0 Å². The predicted molar refractivity (Wildman–Crippen MR) is 83.8 cm³/mol. The molecule has 1 heteroatoms. The standard InChI is InChI=1S/C19H15N/c1-2-8-14(9-3-1)19-17-12-5-4-10-15(17)16-11-6-7-13-18(16)20-19/h1-13,19-20H. The SMILES string of the molecule is c1ccc(C2Nc3ccccc3-c3ccccc32)cc1. The zero-order valence-electron chi connectivity index (χ0n) is 11.1. The van der Waals surface area contributed by atoms with Crippen LogP contribution in [0.15, 0.2) is 78.9 Å². The zero-order valence-corrected chi connectivity index (χ0v) is 11.1. The molecule has 0 aliphatic carbocycles. The first-order valence-corrected chi connectivity index (χ1v) is 6.93. The average Bonchev–Trinajstić information content (AvgIpc) is 2.55. The van der Waals surface area contributed by atoms with Gasteiger partial charge in [0.05, 0.1) is 6.04 Å². The first-order valence-electron chi connectivity index (χ1n) is 6.93. The molecule has 0 amide bonds. The summed E-state index contributed by atoms with van der Waals surface area (Å²) in [6.07, 6.45) is 0. The minimum absolute atomic E-state index is 0.224. The van der Waals surface area contributed by atoms with E-state index in [2.05, 4.69) is 84.2 Å². The summed E-state index contributed by atoms with van der Waals surface area (Å²) < 4.78 is 0. The van der Waals surface area contributed by atoms with Crippen molar-refractivity contribution in [1.29, 1.82) is 0 Å². The number of fused-ring (bicyclic) bond motifs is 3. The van der Waals surface area contributed by atoms with E-state index >= 15 is 0 Å². The molecule has 1 heterocycles. The number of anilines is 1. The molecule has 0 radical (unpaired) electrons. The predicted octanol–water partition coefficient (Wildman–Crippen LogP) is 4.87. The Labute approximate surface area is 118 Å². The van der Waals surface area contributed by atoms with Gasteiger partial charge < -0.3 is 5.32 Å². The second kappa shape index (κ2) is 4.53. The maximum Gasteiger partial charge on any atom is 0.0773 e. The Kier molecular flexibility index (Phi) is 2.56. The molecule has 3 aromatic rings. The van der Waals surface area contributed by atoms with Crippen LogP contribution in [-0.2, 0) is 0 Å². The van der Waals surface area contributed by atoms with Crippen LogP contribution in [0.2, 0.25) is 0 Å². The molecule has 0 spiro atoms. The van der Waals surface area contributed by atoms with Crippen molar-refractivity contribution in [2.45, 2.75) is 6.04 Å². The molecule has 0 saturated carbocycles. The molecular formula is C19H15N. The van der Waals surface area contributed by atoms with Crippen molar-refractivity contribution in [2.24, 2.45) is 0 Å². The van der Waals surface area contributed by atoms with Gasteiger partial charge in [-0.15, -0.1) is 0 Å². The van der Waals surface area contributed by atoms with Crippen LogP contribution in [0.4, 0.5) is 5.69 Å². The molecule has 1 aliphatic heterocycles. The fourth-order valence-electron chi connectivity index (χ4n) is 2.98. The second-order valence-electron chi connectivity index (χ2n) is 5.12. The highest BCUT2D eigenvalue weighted by atomic mass is 14.9. The first kappa shape index (κ1) is 11.3. The molecule has 0 aromatic heterocycles. The molecule has 96 valence electrons. The molecule has 1 atom stereocenters. The molecule has 1 aliphatic rings. The molecule has 0 bridgehead atoms. The largest absolute Gasteiger partial charge is 0.374 e. The van der Waals surface area contributed by atoms with Crippen LogP contribution in [0.3, 0.4) is 0 Å². The Bertz CT molecular complexity index is 746. The van der Waals surface area contributed by atoms with Gasteiger partial charge in [0.15, 0.2) is 0 Å². The second-order valence-corrected chi connectivity index (χ2v) is 5.12. The van der Waals surface area contributed by atoms with E-state index in [9.17, 15) is 0 Å². The van der Waals surface area contributed by atoms with Crippen LogP contribution in [0, 0.1) is 0 Å². The molecule has 1 N–H and O–H groups in total. The molecule has 0 saturated heterocycles. The molecule has 3 aromatic carbocycles. The van der Waals surface area contributed by atoms with E-state index in [4.69, 9.17) is 0 Å². The lowest BCUT2D eigenvalue weighted by molar-refractivity contribution is 0.930. The maximum absolute atomic E-state index is 3.67. The van der Waals surface area contributed by atoms with Crippen LogP contribution in [0.1, 0.15) is 17.2 Å². The average molecular weight is 257 g/mol. The van der Waals surface area contributed by atoms with E-state index in [0.717, 1.165) is 0 Å². The molecular weight excluding hydrogens is 242 g/mol. The molecule has 1 nitrogen and oxygen atoms in total.